The Balaban J connectivity index is 1.60. The number of anilines is 2. The lowest BCUT2D eigenvalue weighted by molar-refractivity contribution is -0.127. The zero-order valence-corrected chi connectivity index (χ0v) is 18.7. The maximum Gasteiger partial charge on any atom is 0.335 e. The van der Waals surface area contributed by atoms with Gasteiger partial charge in [-0.05, 0) is 43.3 Å². The Morgan fingerprint density at radius 3 is 2.47 bits per heavy atom. The average Bonchev–Trinajstić information content (AvgIpc) is 2.82. The first kappa shape index (κ1) is 23.0. The molecule has 2 amide bonds. The number of ketones is 1. The fourth-order valence-electron chi connectivity index (χ4n) is 3.60. The van der Waals surface area contributed by atoms with Gasteiger partial charge in [-0.3, -0.25) is 19.3 Å². The fraction of sp³-hybridized carbons (Fsp3) is 0.120. The molecule has 0 radical (unpaired) electrons. The first-order valence-corrected chi connectivity index (χ1v) is 10.7. The van der Waals surface area contributed by atoms with Gasteiger partial charge in [0.15, 0.2) is 11.9 Å². The molecule has 34 heavy (non-hydrogen) atoms. The van der Waals surface area contributed by atoms with Crippen LogP contribution in [0.25, 0.3) is 0 Å². The van der Waals surface area contributed by atoms with Gasteiger partial charge in [-0.25, -0.2) is 4.79 Å². The summed E-state index contributed by atoms with van der Waals surface area (Å²) < 4.78 is 5.53. The standard InChI is InChI=1S/C25H19ClN2O6/c1-14-24(31)28(20-10-7-16(25(32)33)11-21(20)34-14)13-22(29)27-19-9-8-17(26)12-18(19)23(30)15-5-3-2-4-6-15/h2-12,14H,13H2,1H3,(H,27,29)(H,32,33). The quantitative estimate of drug-likeness (QED) is 0.517. The molecule has 0 fully saturated rings. The molecule has 1 unspecified atom stereocenters. The number of rotatable bonds is 6. The highest BCUT2D eigenvalue weighted by atomic mass is 35.5. The number of carbonyl (C=O) groups excluding carboxylic acids is 3. The molecule has 1 heterocycles. The molecular weight excluding hydrogens is 460 g/mol. The van der Waals surface area contributed by atoms with Gasteiger partial charge in [-0.15, -0.1) is 0 Å². The summed E-state index contributed by atoms with van der Waals surface area (Å²) in [4.78, 5) is 51.2. The topological polar surface area (TPSA) is 113 Å². The highest BCUT2D eigenvalue weighted by Gasteiger charge is 2.33. The Bertz CT molecular complexity index is 1310. The zero-order chi connectivity index (χ0) is 24.4. The van der Waals surface area contributed by atoms with Crippen LogP contribution in [0.3, 0.4) is 0 Å². The number of nitrogens with zero attached hydrogens (tertiary/aromatic N) is 1. The van der Waals surface area contributed by atoms with Crippen molar-refractivity contribution in [2.75, 3.05) is 16.8 Å². The maximum absolute atomic E-state index is 13.0. The second-order valence-electron chi connectivity index (χ2n) is 7.61. The molecule has 1 aliphatic rings. The summed E-state index contributed by atoms with van der Waals surface area (Å²) >= 11 is 6.09. The van der Waals surface area contributed by atoms with Crippen LogP contribution >= 0.6 is 11.6 Å². The number of hydrogen-bond donors (Lipinski definition) is 2. The number of carbonyl (C=O) groups is 4. The van der Waals surface area contributed by atoms with Gasteiger partial charge >= 0.3 is 5.97 Å². The van der Waals surface area contributed by atoms with Crippen LogP contribution < -0.4 is 15.0 Å². The minimum atomic E-state index is -1.14. The Kier molecular flexibility index (Phi) is 6.34. The zero-order valence-electron chi connectivity index (χ0n) is 17.9. The van der Waals surface area contributed by atoms with Crippen molar-refractivity contribution in [3.63, 3.8) is 0 Å². The molecule has 1 aliphatic heterocycles. The predicted octanol–water partition coefficient (Wildman–Crippen LogP) is 4.02. The molecule has 0 bridgehead atoms. The number of aromatic carboxylic acids is 1. The lowest BCUT2D eigenvalue weighted by atomic mass is 10.0. The van der Waals surface area contributed by atoms with E-state index in [2.05, 4.69) is 5.32 Å². The molecule has 2 N–H and O–H groups in total. The summed E-state index contributed by atoms with van der Waals surface area (Å²) in [6.45, 7) is 1.15. The van der Waals surface area contributed by atoms with E-state index in [0.717, 1.165) is 0 Å². The molecule has 172 valence electrons. The fourth-order valence-corrected chi connectivity index (χ4v) is 3.77. The molecule has 8 nitrogen and oxygen atoms in total. The number of fused-ring (bicyclic) bond motifs is 1. The molecule has 0 spiro atoms. The van der Waals surface area contributed by atoms with E-state index >= 15 is 0 Å². The first-order valence-electron chi connectivity index (χ1n) is 10.3. The summed E-state index contributed by atoms with van der Waals surface area (Å²) in [6.07, 6.45) is -0.907. The van der Waals surface area contributed by atoms with E-state index in [1.165, 1.54) is 42.2 Å². The van der Waals surface area contributed by atoms with Crippen LogP contribution in [0.1, 0.15) is 33.2 Å². The SMILES string of the molecule is CC1Oc2cc(C(=O)O)ccc2N(CC(=O)Nc2ccc(Cl)cc2C(=O)c2ccccc2)C1=O. The molecule has 1 atom stereocenters. The molecule has 0 aliphatic carbocycles. The first-order chi connectivity index (χ1) is 16.2. The highest BCUT2D eigenvalue weighted by molar-refractivity contribution is 6.31. The Hall–Kier alpha value is -4.17. The Morgan fingerprint density at radius 2 is 1.76 bits per heavy atom. The third kappa shape index (κ3) is 4.62. The normalized spacial score (nSPS) is 14.7. The van der Waals surface area contributed by atoms with Crippen LogP contribution in [-0.4, -0.2) is 41.3 Å². The molecule has 0 saturated carbocycles. The number of carboxylic acids is 1. The van der Waals surface area contributed by atoms with E-state index in [4.69, 9.17) is 16.3 Å². The van der Waals surface area contributed by atoms with E-state index in [0.29, 0.717) is 10.6 Å². The van der Waals surface area contributed by atoms with Crippen LogP contribution in [0.4, 0.5) is 11.4 Å². The van der Waals surface area contributed by atoms with Gasteiger partial charge in [0.05, 0.1) is 16.9 Å². The number of halogens is 1. The van der Waals surface area contributed by atoms with Gasteiger partial charge in [0.2, 0.25) is 5.91 Å². The number of nitrogens with one attached hydrogen (secondary N) is 1. The van der Waals surface area contributed by atoms with E-state index < -0.39 is 23.9 Å². The van der Waals surface area contributed by atoms with Crippen molar-refractivity contribution in [2.24, 2.45) is 0 Å². The van der Waals surface area contributed by atoms with Crippen molar-refractivity contribution in [1.82, 2.24) is 0 Å². The van der Waals surface area contributed by atoms with Crippen molar-refractivity contribution in [2.45, 2.75) is 13.0 Å². The van der Waals surface area contributed by atoms with Crippen LogP contribution in [0, 0.1) is 0 Å². The molecule has 0 saturated heterocycles. The minimum absolute atomic E-state index is 0.00469. The van der Waals surface area contributed by atoms with Crippen molar-refractivity contribution >= 4 is 46.5 Å². The van der Waals surface area contributed by atoms with E-state index in [9.17, 15) is 24.3 Å². The summed E-state index contributed by atoms with van der Waals surface area (Å²) in [5.74, 6) is -2.28. The number of carboxylic acid groups (broad SMARTS) is 1. The minimum Gasteiger partial charge on any atom is -0.479 e. The largest absolute Gasteiger partial charge is 0.479 e. The third-order valence-corrected chi connectivity index (χ3v) is 5.49. The number of ether oxygens (including phenoxy) is 1. The molecule has 0 aromatic heterocycles. The number of benzene rings is 3. The van der Waals surface area contributed by atoms with Crippen molar-refractivity contribution in [3.8, 4) is 5.75 Å². The monoisotopic (exact) mass is 478 g/mol. The van der Waals surface area contributed by atoms with E-state index in [1.54, 1.807) is 36.4 Å². The van der Waals surface area contributed by atoms with Crippen molar-refractivity contribution < 1.29 is 29.0 Å². The molecule has 3 aromatic rings. The van der Waals surface area contributed by atoms with Crippen LogP contribution in [-0.2, 0) is 9.59 Å². The molecule has 4 rings (SSSR count). The summed E-state index contributed by atoms with van der Waals surface area (Å²) in [5, 5.41) is 12.2. The number of amides is 2. The Morgan fingerprint density at radius 1 is 1.03 bits per heavy atom. The molecular formula is C25H19ClN2O6. The predicted molar refractivity (Wildman–Crippen MR) is 126 cm³/mol. The smallest absolute Gasteiger partial charge is 0.335 e. The van der Waals surface area contributed by atoms with Gasteiger partial charge in [0.1, 0.15) is 12.3 Å². The maximum atomic E-state index is 13.0. The van der Waals surface area contributed by atoms with Crippen molar-refractivity contribution in [1.29, 1.82) is 0 Å². The lowest BCUT2D eigenvalue weighted by Gasteiger charge is -2.32. The van der Waals surface area contributed by atoms with Crippen molar-refractivity contribution in [3.05, 3.63) is 88.4 Å². The van der Waals surface area contributed by atoms with Gasteiger partial charge in [-0.2, -0.15) is 0 Å². The lowest BCUT2D eigenvalue weighted by Crippen LogP contribution is -2.47. The highest BCUT2D eigenvalue weighted by Crippen LogP contribution is 2.35. The van der Waals surface area contributed by atoms with Crippen LogP contribution in [0.15, 0.2) is 66.7 Å². The summed E-state index contributed by atoms with van der Waals surface area (Å²) in [7, 11) is 0. The van der Waals surface area contributed by atoms with Gasteiger partial charge in [0, 0.05) is 16.1 Å². The summed E-state index contributed by atoms with van der Waals surface area (Å²) in [5.41, 5.74) is 1.16. The van der Waals surface area contributed by atoms with E-state index in [-0.39, 0.29) is 40.6 Å². The van der Waals surface area contributed by atoms with Gasteiger partial charge in [-0.1, -0.05) is 41.9 Å². The van der Waals surface area contributed by atoms with E-state index in [1.807, 2.05) is 0 Å². The number of hydrogen-bond acceptors (Lipinski definition) is 5. The second kappa shape index (κ2) is 9.36. The molecule has 3 aromatic carbocycles. The average molecular weight is 479 g/mol. The third-order valence-electron chi connectivity index (χ3n) is 5.25. The molecule has 9 heteroatoms. The van der Waals surface area contributed by atoms with Crippen LogP contribution in [0.2, 0.25) is 5.02 Å². The second-order valence-corrected chi connectivity index (χ2v) is 8.04. The summed E-state index contributed by atoms with van der Waals surface area (Å²) in [6, 6.07) is 17.2. The Labute approximate surface area is 199 Å². The van der Waals surface area contributed by atoms with Crippen LogP contribution in [0.5, 0.6) is 5.75 Å². The van der Waals surface area contributed by atoms with Gasteiger partial charge < -0.3 is 15.2 Å². The van der Waals surface area contributed by atoms with Gasteiger partial charge in [0.25, 0.3) is 5.91 Å².